The van der Waals surface area contributed by atoms with Crippen molar-refractivity contribution < 1.29 is 0 Å². The van der Waals surface area contributed by atoms with Gasteiger partial charge in [0.1, 0.15) is 0 Å². The maximum absolute atomic E-state index is 6.29. The first-order valence-electron chi connectivity index (χ1n) is 8.50. The van der Waals surface area contributed by atoms with Gasteiger partial charge in [-0.3, -0.25) is 4.90 Å². The molecule has 0 bridgehead atoms. The molecular weight excluding hydrogens is 248 g/mol. The zero-order chi connectivity index (χ0) is 14.2. The van der Waals surface area contributed by atoms with Crippen LogP contribution in [0.25, 0.3) is 0 Å². The lowest BCUT2D eigenvalue weighted by Crippen LogP contribution is -2.63. The van der Waals surface area contributed by atoms with E-state index in [9.17, 15) is 0 Å². The maximum atomic E-state index is 6.29. The Morgan fingerprint density at radius 2 is 1.90 bits per heavy atom. The molecule has 0 saturated carbocycles. The van der Waals surface area contributed by atoms with Crippen molar-refractivity contribution in [3.63, 3.8) is 0 Å². The predicted molar refractivity (Wildman–Crippen MR) is 83.9 cm³/mol. The number of piperidine rings is 2. The monoisotopic (exact) mass is 280 g/mol. The third kappa shape index (κ3) is 2.63. The van der Waals surface area contributed by atoms with Gasteiger partial charge < -0.3 is 15.5 Å². The highest BCUT2D eigenvalue weighted by Crippen LogP contribution is 2.37. The summed E-state index contributed by atoms with van der Waals surface area (Å²) in [6, 6.07) is 1.55. The van der Waals surface area contributed by atoms with E-state index in [4.69, 9.17) is 5.73 Å². The number of nitrogens with two attached hydrogens (primary N) is 1. The molecule has 0 amide bonds. The Bertz CT molecular complexity index is 326. The van der Waals surface area contributed by atoms with E-state index in [1.54, 1.807) is 0 Å². The topological polar surface area (TPSA) is 35.7 Å². The fourth-order valence-corrected chi connectivity index (χ4v) is 4.73. The summed E-state index contributed by atoms with van der Waals surface area (Å²) in [5.74, 6) is 0. The average Bonchev–Trinajstić information content (AvgIpc) is 2.94. The van der Waals surface area contributed by atoms with Crippen LogP contribution in [0.2, 0.25) is 0 Å². The quantitative estimate of drug-likeness (QED) is 0.835. The number of nitrogens with zero attached hydrogens (tertiary/aromatic N) is 3. The van der Waals surface area contributed by atoms with E-state index in [1.807, 2.05) is 0 Å². The molecule has 4 nitrogen and oxygen atoms in total. The van der Waals surface area contributed by atoms with Crippen molar-refractivity contribution in [1.82, 2.24) is 14.7 Å². The summed E-state index contributed by atoms with van der Waals surface area (Å²) >= 11 is 0. The zero-order valence-corrected chi connectivity index (χ0v) is 13.4. The van der Waals surface area contributed by atoms with Crippen LogP contribution in [0.4, 0.5) is 0 Å². The van der Waals surface area contributed by atoms with Gasteiger partial charge in [-0.2, -0.15) is 0 Å². The lowest BCUT2D eigenvalue weighted by atomic mass is 9.80. The summed E-state index contributed by atoms with van der Waals surface area (Å²) < 4.78 is 0. The van der Waals surface area contributed by atoms with Gasteiger partial charge in [-0.15, -0.1) is 0 Å². The molecule has 0 radical (unpaired) electrons. The van der Waals surface area contributed by atoms with Crippen LogP contribution in [0.15, 0.2) is 0 Å². The molecule has 3 rings (SSSR count). The number of fused-ring (bicyclic) bond motifs is 1. The third-order valence-electron chi connectivity index (χ3n) is 6.34. The van der Waals surface area contributed by atoms with Crippen LogP contribution in [0.5, 0.6) is 0 Å². The molecule has 3 heterocycles. The highest BCUT2D eigenvalue weighted by Gasteiger charge is 2.45. The Hall–Kier alpha value is -0.160. The molecule has 3 fully saturated rings. The van der Waals surface area contributed by atoms with E-state index in [0.29, 0.717) is 0 Å². The molecular formula is C16H32N4. The SMILES string of the molecule is CN1CCC(N(C)C2(CN)CCN3CCCC3C2)CC1. The van der Waals surface area contributed by atoms with Crippen molar-refractivity contribution in [1.29, 1.82) is 0 Å². The Kier molecular flexibility index (Phi) is 4.37. The molecule has 3 saturated heterocycles. The van der Waals surface area contributed by atoms with Gasteiger partial charge in [0, 0.05) is 30.7 Å². The van der Waals surface area contributed by atoms with Gasteiger partial charge in [0.15, 0.2) is 0 Å². The minimum Gasteiger partial charge on any atom is -0.329 e. The second-order valence-corrected chi connectivity index (χ2v) is 7.36. The van der Waals surface area contributed by atoms with Gasteiger partial charge in [0.2, 0.25) is 0 Å². The number of likely N-dealkylation sites (tertiary alicyclic amines) is 1. The van der Waals surface area contributed by atoms with E-state index in [-0.39, 0.29) is 5.54 Å². The first kappa shape index (κ1) is 14.8. The molecule has 2 N–H and O–H groups in total. The summed E-state index contributed by atoms with van der Waals surface area (Å²) in [4.78, 5) is 7.85. The minimum atomic E-state index is 0.270. The smallest absolute Gasteiger partial charge is 0.0358 e. The number of likely N-dealkylation sites (N-methyl/N-ethyl adjacent to an activating group) is 1. The van der Waals surface area contributed by atoms with Gasteiger partial charge in [-0.1, -0.05) is 0 Å². The van der Waals surface area contributed by atoms with Crippen molar-refractivity contribution in [2.75, 3.05) is 46.8 Å². The highest BCUT2D eigenvalue weighted by atomic mass is 15.3. The Morgan fingerprint density at radius 1 is 1.15 bits per heavy atom. The van der Waals surface area contributed by atoms with Gasteiger partial charge in [0.25, 0.3) is 0 Å². The second kappa shape index (κ2) is 5.91. The largest absolute Gasteiger partial charge is 0.329 e. The van der Waals surface area contributed by atoms with Crippen molar-refractivity contribution >= 4 is 0 Å². The first-order chi connectivity index (χ1) is 9.64. The van der Waals surface area contributed by atoms with E-state index >= 15 is 0 Å². The van der Waals surface area contributed by atoms with Crippen molar-refractivity contribution in [3.8, 4) is 0 Å². The molecule has 4 heteroatoms. The molecule has 0 aliphatic carbocycles. The normalized spacial score (nSPS) is 37.5. The van der Waals surface area contributed by atoms with Crippen molar-refractivity contribution in [2.24, 2.45) is 5.73 Å². The summed E-state index contributed by atoms with van der Waals surface area (Å²) in [6.07, 6.45) is 7.97. The van der Waals surface area contributed by atoms with Gasteiger partial charge >= 0.3 is 0 Å². The molecule has 116 valence electrons. The summed E-state index contributed by atoms with van der Waals surface area (Å²) in [7, 11) is 4.60. The molecule has 2 atom stereocenters. The van der Waals surface area contributed by atoms with Crippen molar-refractivity contribution in [2.45, 2.75) is 56.1 Å². The lowest BCUT2D eigenvalue weighted by Gasteiger charge is -2.52. The van der Waals surface area contributed by atoms with Crippen LogP contribution in [0, 0.1) is 0 Å². The minimum absolute atomic E-state index is 0.270. The van der Waals surface area contributed by atoms with Gasteiger partial charge in [-0.25, -0.2) is 0 Å². The van der Waals surface area contributed by atoms with Crippen LogP contribution < -0.4 is 5.73 Å². The molecule has 0 aromatic rings. The standard InChI is InChI=1S/C16H32N4/c1-18-9-5-14(6-10-18)19(2)16(13-17)7-11-20-8-3-4-15(20)12-16/h14-15H,3-13,17H2,1-2H3. The molecule has 2 unspecified atom stereocenters. The Morgan fingerprint density at radius 3 is 2.60 bits per heavy atom. The fraction of sp³-hybridized carbons (Fsp3) is 1.00. The lowest BCUT2D eigenvalue weighted by molar-refractivity contribution is -0.0138. The first-order valence-corrected chi connectivity index (χ1v) is 8.50. The number of rotatable bonds is 3. The predicted octanol–water partition coefficient (Wildman–Crippen LogP) is 0.968. The van der Waals surface area contributed by atoms with Crippen LogP contribution in [-0.4, -0.2) is 79.1 Å². The highest BCUT2D eigenvalue weighted by molar-refractivity contribution is 5.03. The van der Waals surface area contributed by atoms with Crippen LogP contribution in [0.1, 0.15) is 38.5 Å². The third-order valence-corrected chi connectivity index (χ3v) is 6.34. The van der Waals surface area contributed by atoms with Crippen LogP contribution in [0.3, 0.4) is 0 Å². The Labute approximate surface area is 124 Å². The van der Waals surface area contributed by atoms with E-state index < -0.39 is 0 Å². The van der Waals surface area contributed by atoms with E-state index in [1.165, 1.54) is 64.7 Å². The van der Waals surface area contributed by atoms with E-state index in [2.05, 4.69) is 28.8 Å². The van der Waals surface area contributed by atoms with Crippen LogP contribution in [-0.2, 0) is 0 Å². The molecule has 0 aromatic carbocycles. The van der Waals surface area contributed by atoms with Crippen LogP contribution >= 0.6 is 0 Å². The molecule has 0 spiro atoms. The van der Waals surface area contributed by atoms with Gasteiger partial charge in [0.05, 0.1) is 0 Å². The number of hydrogen-bond donors (Lipinski definition) is 1. The second-order valence-electron chi connectivity index (χ2n) is 7.36. The molecule has 3 aliphatic heterocycles. The van der Waals surface area contributed by atoms with E-state index in [0.717, 1.165) is 18.6 Å². The molecule has 3 aliphatic rings. The van der Waals surface area contributed by atoms with Gasteiger partial charge in [-0.05, 0) is 72.3 Å². The molecule has 20 heavy (non-hydrogen) atoms. The summed E-state index contributed by atoms with van der Waals surface area (Å²) in [5.41, 5.74) is 6.56. The van der Waals surface area contributed by atoms with Crippen molar-refractivity contribution in [3.05, 3.63) is 0 Å². The average molecular weight is 280 g/mol. The summed E-state index contributed by atoms with van der Waals surface area (Å²) in [5, 5.41) is 0. The summed E-state index contributed by atoms with van der Waals surface area (Å²) in [6.45, 7) is 5.90. The zero-order valence-electron chi connectivity index (χ0n) is 13.4. The fourth-order valence-electron chi connectivity index (χ4n) is 4.73. The number of hydrogen-bond acceptors (Lipinski definition) is 4. The Balaban J connectivity index is 1.68. The molecule has 0 aromatic heterocycles. The maximum Gasteiger partial charge on any atom is 0.0358 e.